The number of hydrazine groups is 1. The molecule has 0 aliphatic rings. The number of nitrogens with one attached hydrogen (secondary N) is 2. The minimum atomic E-state index is 0.692. The number of fused-ring (bicyclic) bond motifs is 1. The molecule has 0 fully saturated rings. The Morgan fingerprint density at radius 3 is 2.67 bits per heavy atom. The minimum absolute atomic E-state index is 0.692. The molecule has 2 aromatic rings. The van der Waals surface area contributed by atoms with Gasteiger partial charge in [0.1, 0.15) is 5.69 Å². The fourth-order valence-electron chi connectivity index (χ4n) is 1.34. The second-order valence-corrected chi connectivity index (χ2v) is 4.16. The lowest BCUT2D eigenvalue weighted by Crippen LogP contribution is -2.25. The van der Waals surface area contributed by atoms with E-state index in [9.17, 15) is 0 Å². The molecule has 0 saturated carbocycles. The molecule has 2 N–H and O–H groups in total. The third-order valence-electron chi connectivity index (χ3n) is 2.09. The summed E-state index contributed by atoms with van der Waals surface area (Å²) in [5.74, 6) is 0. The molecular formula is C13H17BrN4. The molecule has 0 unspecified atom stereocenters. The van der Waals surface area contributed by atoms with Crippen LogP contribution in [0.2, 0.25) is 0 Å². The van der Waals surface area contributed by atoms with Gasteiger partial charge in [-0.2, -0.15) is 0 Å². The van der Waals surface area contributed by atoms with Gasteiger partial charge in [-0.05, 0) is 18.2 Å². The summed E-state index contributed by atoms with van der Waals surface area (Å²) in [4.78, 5) is 8.77. The van der Waals surface area contributed by atoms with Gasteiger partial charge in [0.05, 0.1) is 22.9 Å². The molecule has 0 atom stereocenters. The van der Waals surface area contributed by atoms with Crippen molar-refractivity contribution in [1.29, 1.82) is 0 Å². The summed E-state index contributed by atoms with van der Waals surface area (Å²) in [7, 11) is 1.77. The van der Waals surface area contributed by atoms with Crippen LogP contribution in [-0.4, -0.2) is 17.0 Å². The summed E-state index contributed by atoms with van der Waals surface area (Å²) in [6.07, 6.45) is 1.70. The molecule has 0 aliphatic heterocycles. The van der Waals surface area contributed by atoms with Crippen molar-refractivity contribution in [2.45, 2.75) is 13.8 Å². The lowest BCUT2D eigenvalue weighted by Gasteiger charge is -2.07. The van der Waals surface area contributed by atoms with Crippen LogP contribution >= 0.6 is 15.9 Å². The van der Waals surface area contributed by atoms with Crippen molar-refractivity contribution in [2.75, 3.05) is 7.05 Å². The molecule has 0 spiro atoms. The Balaban J connectivity index is 0.000000771. The van der Waals surface area contributed by atoms with Gasteiger partial charge < -0.3 is 5.43 Å². The fourth-order valence-corrected chi connectivity index (χ4v) is 1.69. The van der Waals surface area contributed by atoms with E-state index in [4.69, 9.17) is 0 Å². The Bertz CT molecular complexity index is 540. The van der Waals surface area contributed by atoms with Gasteiger partial charge in [-0.3, -0.25) is 4.98 Å². The number of benzene rings is 1. The van der Waals surface area contributed by atoms with Crippen molar-refractivity contribution in [1.82, 2.24) is 20.8 Å². The van der Waals surface area contributed by atoms with Gasteiger partial charge in [-0.15, -0.1) is 0 Å². The average molecular weight is 309 g/mol. The van der Waals surface area contributed by atoms with Gasteiger partial charge in [0.15, 0.2) is 0 Å². The Morgan fingerprint density at radius 1 is 1.28 bits per heavy atom. The summed E-state index contributed by atoms with van der Waals surface area (Å²) >= 11 is 3.41. The van der Waals surface area contributed by atoms with Crippen molar-refractivity contribution in [3.63, 3.8) is 0 Å². The van der Waals surface area contributed by atoms with Crippen LogP contribution in [0.3, 0.4) is 0 Å². The number of hydrogen-bond donors (Lipinski definition) is 2. The molecule has 2 rings (SSSR count). The second kappa shape index (κ2) is 7.08. The molecule has 4 nitrogen and oxygen atoms in total. The first kappa shape index (κ1) is 14.6. The van der Waals surface area contributed by atoms with Crippen LogP contribution in [0.4, 0.5) is 0 Å². The van der Waals surface area contributed by atoms with E-state index in [2.05, 4.69) is 43.3 Å². The van der Waals surface area contributed by atoms with E-state index in [0.717, 1.165) is 21.2 Å². The molecule has 1 aromatic carbocycles. The molecule has 0 aliphatic carbocycles. The van der Waals surface area contributed by atoms with E-state index < -0.39 is 0 Å². The summed E-state index contributed by atoms with van der Waals surface area (Å²) in [5, 5.41) is 0. The van der Waals surface area contributed by atoms with Gasteiger partial charge >= 0.3 is 0 Å². The van der Waals surface area contributed by atoms with E-state index in [1.165, 1.54) is 0 Å². The molecule has 5 heteroatoms. The van der Waals surface area contributed by atoms with Crippen LogP contribution in [0.15, 0.2) is 35.4 Å². The Labute approximate surface area is 116 Å². The zero-order chi connectivity index (χ0) is 13.5. The Hall–Kier alpha value is -1.46. The van der Waals surface area contributed by atoms with Crippen LogP contribution in [0, 0.1) is 0 Å². The summed E-state index contributed by atoms with van der Waals surface area (Å²) in [5.41, 5.74) is 8.80. The summed E-state index contributed by atoms with van der Waals surface area (Å²) in [6, 6.07) is 5.79. The zero-order valence-electron chi connectivity index (χ0n) is 10.8. The van der Waals surface area contributed by atoms with Crippen LogP contribution in [-0.2, 0) is 0 Å². The van der Waals surface area contributed by atoms with Crippen LogP contribution < -0.4 is 10.9 Å². The summed E-state index contributed by atoms with van der Waals surface area (Å²) < 4.78 is 0.985. The highest BCUT2D eigenvalue weighted by Gasteiger charge is 2.03. The monoisotopic (exact) mass is 308 g/mol. The number of rotatable bonds is 3. The van der Waals surface area contributed by atoms with Gasteiger partial charge in [-0.1, -0.05) is 36.4 Å². The summed E-state index contributed by atoms with van der Waals surface area (Å²) in [6.45, 7) is 7.86. The first-order valence-electron chi connectivity index (χ1n) is 5.75. The number of hydrogen-bond acceptors (Lipinski definition) is 4. The normalized spacial score (nSPS) is 9.56. The molecule has 0 amide bonds. The first-order valence-corrected chi connectivity index (χ1v) is 6.54. The van der Waals surface area contributed by atoms with Crippen molar-refractivity contribution >= 4 is 32.7 Å². The minimum Gasteiger partial charge on any atom is -0.320 e. The topological polar surface area (TPSA) is 49.8 Å². The van der Waals surface area contributed by atoms with E-state index in [-0.39, 0.29) is 0 Å². The predicted octanol–water partition coefficient (Wildman–Crippen LogP) is 3.11. The van der Waals surface area contributed by atoms with Gasteiger partial charge in [-0.25, -0.2) is 10.4 Å². The molecule has 1 aromatic heterocycles. The van der Waals surface area contributed by atoms with Crippen molar-refractivity contribution in [3.8, 4) is 0 Å². The molecule has 0 saturated heterocycles. The average Bonchev–Trinajstić information content (AvgIpc) is 2.40. The third kappa shape index (κ3) is 3.51. The fraction of sp³-hybridized carbons (Fsp3) is 0.231. The number of halogens is 1. The lowest BCUT2D eigenvalue weighted by atomic mass is 10.3. The molecule has 96 valence electrons. The maximum atomic E-state index is 4.46. The Morgan fingerprint density at radius 2 is 2.00 bits per heavy atom. The maximum absolute atomic E-state index is 4.46. The smallest absolute Gasteiger partial charge is 0.106 e. The third-order valence-corrected chi connectivity index (χ3v) is 2.58. The largest absolute Gasteiger partial charge is 0.320 e. The van der Waals surface area contributed by atoms with Crippen molar-refractivity contribution in [2.24, 2.45) is 0 Å². The van der Waals surface area contributed by atoms with Gasteiger partial charge in [0, 0.05) is 11.5 Å². The molecule has 0 radical (unpaired) electrons. The van der Waals surface area contributed by atoms with Crippen molar-refractivity contribution < 1.29 is 0 Å². The van der Waals surface area contributed by atoms with Crippen molar-refractivity contribution in [3.05, 3.63) is 41.1 Å². The van der Waals surface area contributed by atoms with Crippen LogP contribution in [0.1, 0.15) is 19.5 Å². The molecule has 18 heavy (non-hydrogen) atoms. The van der Waals surface area contributed by atoms with E-state index >= 15 is 0 Å². The van der Waals surface area contributed by atoms with E-state index in [1.54, 1.807) is 13.2 Å². The van der Waals surface area contributed by atoms with Crippen LogP contribution in [0.25, 0.3) is 16.7 Å². The zero-order valence-corrected chi connectivity index (χ0v) is 12.4. The number of nitrogens with zero attached hydrogens (tertiary/aromatic N) is 2. The highest BCUT2D eigenvalue weighted by Crippen LogP contribution is 2.17. The predicted molar refractivity (Wildman–Crippen MR) is 79.8 cm³/mol. The quantitative estimate of drug-likeness (QED) is 0.855. The maximum Gasteiger partial charge on any atom is 0.106 e. The highest BCUT2D eigenvalue weighted by atomic mass is 79.9. The molecular weight excluding hydrogens is 292 g/mol. The molecule has 0 bridgehead atoms. The van der Waals surface area contributed by atoms with E-state index in [1.807, 2.05) is 32.0 Å². The number of aromatic nitrogens is 2. The first-order chi connectivity index (χ1) is 8.70. The SMILES string of the molecule is C=C(NNC)c1cnc2ccc(Br)cc2n1.CC. The second-order valence-electron chi connectivity index (χ2n) is 3.24. The van der Waals surface area contributed by atoms with Gasteiger partial charge in [0.25, 0.3) is 0 Å². The van der Waals surface area contributed by atoms with Gasteiger partial charge in [0.2, 0.25) is 0 Å². The lowest BCUT2D eigenvalue weighted by molar-refractivity contribution is 0.746. The Kier molecular flexibility index (Phi) is 5.74. The molecule has 1 heterocycles. The highest BCUT2D eigenvalue weighted by molar-refractivity contribution is 9.10. The van der Waals surface area contributed by atoms with E-state index in [0.29, 0.717) is 5.70 Å². The van der Waals surface area contributed by atoms with Crippen LogP contribution in [0.5, 0.6) is 0 Å². The standard InChI is InChI=1S/C11H11BrN4.C2H6/c1-7(16-13-2)11-6-14-9-4-3-8(12)5-10(9)15-11;1-2/h3-6,13,16H,1H2,2H3;1-2H3.